The zero-order valence-electron chi connectivity index (χ0n) is 8.37. The maximum absolute atomic E-state index is 11.0. The Morgan fingerprint density at radius 3 is 2.94 bits per heavy atom. The molecule has 82 valence electrons. The zero-order valence-corrected chi connectivity index (χ0v) is 8.37. The van der Waals surface area contributed by atoms with E-state index in [2.05, 4.69) is 10.1 Å². The number of nitrogens with zero attached hydrogens (tertiary/aromatic N) is 3. The van der Waals surface area contributed by atoms with Gasteiger partial charge in [0.05, 0.1) is 12.1 Å². The van der Waals surface area contributed by atoms with E-state index in [1.807, 2.05) is 0 Å². The number of rotatable bonds is 3. The first-order valence-corrected chi connectivity index (χ1v) is 4.61. The molecule has 0 bridgehead atoms. The largest absolute Gasteiger partial charge is 0.478 e. The van der Waals surface area contributed by atoms with Gasteiger partial charge in [0.1, 0.15) is 12.7 Å². The van der Waals surface area contributed by atoms with E-state index in [0.29, 0.717) is 12.1 Å². The summed E-state index contributed by atoms with van der Waals surface area (Å²) in [6, 6.07) is 4.99. The van der Waals surface area contributed by atoms with Crippen molar-refractivity contribution in [3.63, 3.8) is 0 Å². The van der Waals surface area contributed by atoms with E-state index in [4.69, 9.17) is 10.8 Å². The number of aromatic nitrogens is 3. The Hall–Kier alpha value is -2.37. The fourth-order valence-electron chi connectivity index (χ4n) is 1.50. The van der Waals surface area contributed by atoms with Gasteiger partial charge >= 0.3 is 5.97 Å². The molecule has 0 amide bonds. The van der Waals surface area contributed by atoms with Crippen LogP contribution in [0.1, 0.15) is 15.9 Å². The molecule has 0 unspecified atom stereocenters. The van der Waals surface area contributed by atoms with Crippen LogP contribution in [0.2, 0.25) is 0 Å². The zero-order chi connectivity index (χ0) is 11.5. The third-order valence-electron chi connectivity index (χ3n) is 2.20. The van der Waals surface area contributed by atoms with Gasteiger partial charge in [0.2, 0.25) is 0 Å². The molecular formula is C10H10N4O2. The van der Waals surface area contributed by atoms with Crippen LogP contribution in [0.3, 0.4) is 0 Å². The molecule has 3 N–H and O–H groups in total. The molecule has 0 saturated carbocycles. The van der Waals surface area contributed by atoms with Gasteiger partial charge in [-0.15, -0.1) is 0 Å². The third-order valence-corrected chi connectivity index (χ3v) is 2.20. The molecule has 6 heteroatoms. The summed E-state index contributed by atoms with van der Waals surface area (Å²) in [6.07, 6.45) is 2.92. The van der Waals surface area contributed by atoms with Gasteiger partial charge in [0.25, 0.3) is 0 Å². The minimum Gasteiger partial charge on any atom is -0.478 e. The molecule has 2 rings (SSSR count). The van der Waals surface area contributed by atoms with Gasteiger partial charge in [-0.2, -0.15) is 5.10 Å². The van der Waals surface area contributed by atoms with Crippen molar-refractivity contribution in [2.45, 2.75) is 6.54 Å². The summed E-state index contributed by atoms with van der Waals surface area (Å²) in [6.45, 7) is 0.340. The maximum Gasteiger partial charge on any atom is 0.338 e. The van der Waals surface area contributed by atoms with Crippen molar-refractivity contribution in [1.82, 2.24) is 14.8 Å². The lowest BCUT2D eigenvalue weighted by atomic mass is 10.1. The molecular weight excluding hydrogens is 208 g/mol. The van der Waals surface area contributed by atoms with Crippen LogP contribution in [-0.4, -0.2) is 25.8 Å². The van der Waals surface area contributed by atoms with Crippen LogP contribution in [0.15, 0.2) is 30.9 Å². The number of carbonyl (C=O) groups is 1. The molecule has 1 aromatic carbocycles. The lowest BCUT2D eigenvalue weighted by Gasteiger charge is -2.08. The molecule has 2 aromatic rings. The van der Waals surface area contributed by atoms with Crippen LogP contribution in [0.4, 0.5) is 5.69 Å². The van der Waals surface area contributed by atoms with Crippen LogP contribution >= 0.6 is 0 Å². The summed E-state index contributed by atoms with van der Waals surface area (Å²) >= 11 is 0. The summed E-state index contributed by atoms with van der Waals surface area (Å²) in [5.41, 5.74) is 6.61. The smallest absolute Gasteiger partial charge is 0.338 e. The lowest BCUT2D eigenvalue weighted by molar-refractivity contribution is 0.0696. The standard InChI is InChI=1S/C10H10N4O2/c11-8-3-1-2-7(9(8)10(15)16)4-14-6-12-5-13-14/h1-3,5-6H,4,11H2,(H,15,16). The van der Waals surface area contributed by atoms with E-state index in [9.17, 15) is 4.79 Å². The molecule has 6 nitrogen and oxygen atoms in total. The van der Waals surface area contributed by atoms with Crippen molar-refractivity contribution >= 4 is 11.7 Å². The molecule has 0 spiro atoms. The first kappa shape index (κ1) is 10.2. The highest BCUT2D eigenvalue weighted by Gasteiger charge is 2.13. The molecule has 0 fully saturated rings. The molecule has 1 aromatic heterocycles. The molecule has 0 aliphatic carbocycles. The highest BCUT2D eigenvalue weighted by atomic mass is 16.4. The normalized spacial score (nSPS) is 10.2. The third kappa shape index (κ3) is 1.85. The van der Waals surface area contributed by atoms with E-state index in [0.717, 1.165) is 0 Å². The fraction of sp³-hybridized carbons (Fsp3) is 0.100. The number of anilines is 1. The number of carboxylic acid groups (broad SMARTS) is 1. The summed E-state index contributed by atoms with van der Waals surface area (Å²) in [5, 5.41) is 13.0. The summed E-state index contributed by atoms with van der Waals surface area (Å²) in [4.78, 5) is 14.8. The van der Waals surface area contributed by atoms with Gasteiger partial charge < -0.3 is 10.8 Å². The first-order chi connectivity index (χ1) is 7.68. The Morgan fingerprint density at radius 2 is 2.31 bits per heavy atom. The van der Waals surface area contributed by atoms with E-state index >= 15 is 0 Å². The van der Waals surface area contributed by atoms with Crippen LogP contribution in [-0.2, 0) is 6.54 Å². The molecule has 0 radical (unpaired) electrons. The number of hydrogen-bond donors (Lipinski definition) is 2. The molecule has 0 aliphatic rings. The van der Waals surface area contributed by atoms with E-state index in [-0.39, 0.29) is 11.3 Å². The predicted octanol–water partition coefficient (Wildman–Crippen LogP) is 0.607. The summed E-state index contributed by atoms with van der Waals surface area (Å²) < 4.78 is 1.54. The Labute approximate surface area is 91.3 Å². The van der Waals surface area contributed by atoms with Gasteiger partial charge in [-0.05, 0) is 11.6 Å². The summed E-state index contributed by atoms with van der Waals surface area (Å²) in [5.74, 6) is -1.03. The maximum atomic E-state index is 11.0. The van der Waals surface area contributed by atoms with E-state index in [1.165, 1.54) is 12.7 Å². The van der Waals surface area contributed by atoms with Crippen molar-refractivity contribution < 1.29 is 9.90 Å². The first-order valence-electron chi connectivity index (χ1n) is 4.61. The Kier molecular flexibility index (Phi) is 2.55. The van der Waals surface area contributed by atoms with Crippen LogP contribution in [0, 0.1) is 0 Å². The van der Waals surface area contributed by atoms with Crippen molar-refractivity contribution in [2.75, 3.05) is 5.73 Å². The van der Waals surface area contributed by atoms with E-state index in [1.54, 1.807) is 22.9 Å². The SMILES string of the molecule is Nc1cccc(Cn2cncn2)c1C(=O)O. The average molecular weight is 218 g/mol. The molecule has 16 heavy (non-hydrogen) atoms. The number of hydrogen-bond acceptors (Lipinski definition) is 4. The average Bonchev–Trinajstić information content (AvgIpc) is 2.70. The number of aromatic carboxylic acids is 1. The number of nitrogens with two attached hydrogens (primary N) is 1. The van der Waals surface area contributed by atoms with Gasteiger partial charge in [-0.1, -0.05) is 12.1 Å². The van der Waals surface area contributed by atoms with Crippen LogP contribution in [0.5, 0.6) is 0 Å². The van der Waals surface area contributed by atoms with Gasteiger partial charge in [-0.3, -0.25) is 0 Å². The Bertz CT molecular complexity index is 508. The van der Waals surface area contributed by atoms with Crippen molar-refractivity contribution in [3.05, 3.63) is 42.0 Å². The van der Waals surface area contributed by atoms with Crippen LogP contribution < -0.4 is 5.73 Å². The van der Waals surface area contributed by atoms with Crippen molar-refractivity contribution in [3.8, 4) is 0 Å². The quantitative estimate of drug-likeness (QED) is 0.736. The van der Waals surface area contributed by atoms with Crippen molar-refractivity contribution in [1.29, 1.82) is 0 Å². The fourth-order valence-corrected chi connectivity index (χ4v) is 1.50. The van der Waals surface area contributed by atoms with Gasteiger partial charge in [-0.25, -0.2) is 14.5 Å². The topological polar surface area (TPSA) is 94.0 Å². The molecule has 1 heterocycles. The highest BCUT2D eigenvalue weighted by Crippen LogP contribution is 2.17. The van der Waals surface area contributed by atoms with Crippen molar-refractivity contribution in [2.24, 2.45) is 0 Å². The van der Waals surface area contributed by atoms with Gasteiger partial charge in [0, 0.05) is 5.69 Å². The second kappa shape index (κ2) is 4.01. The Morgan fingerprint density at radius 1 is 1.50 bits per heavy atom. The minimum absolute atomic E-state index is 0.123. The minimum atomic E-state index is -1.03. The monoisotopic (exact) mass is 218 g/mol. The second-order valence-corrected chi connectivity index (χ2v) is 3.28. The number of benzene rings is 1. The lowest BCUT2D eigenvalue weighted by Crippen LogP contribution is -2.10. The molecule has 0 aliphatic heterocycles. The molecule has 0 saturated heterocycles. The van der Waals surface area contributed by atoms with Gasteiger partial charge in [0.15, 0.2) is 0 Å². The molecule has 0 atom stereocenters. The van der Waals surface area contributed by atoms with Crippen LogP contribution in [0.25, 0.3) is 0 Å². The summed E-state index contributed by atoms with van der Waals surface area (Å²) in [7, 11) is 0. The number of nitrogen functional groups attached to an aromatic ring is 1. The number of carboxylic acids is 1. The second-order valence-electron chi connectivity index (χ2n) is 3.28. The highest BCUT2D eigenvalue weighted by molar-refractivity contribution is 5.95. The predicted molar refractivity (Wildman–Crippen MR) is 56.9 cm³/mol. The van der Waals surface area contributed by atoms with E-state index < -0.39 is 5.97 Å². The Balaban J connectivity index is 2.40.